The van der Waals surface area contributed by atoms with E-state index in [-0.39, 0.29) is 12.3 Å². The largest absolute Gasteiger partial charge is 0.481 e. The second-order valence-corrected chi connectivity index (χ2v) is 2.69. The van der Waals surface area contributed by atoms with E-state index in [4.69, 9.17) is 5.11 Å². The van der Waals surface area contributed by atoms with Gasteiger partial charge in [0.2, 0.25) is 0 Å². The van der Waals surface area contributed by atoms with E-state index in [9.17, 15) is 4.79 Å². The highest BCUT2D eigenvalue weighted by molar-refractivity contribution is 5.88. The number of hydrogen-bond donors (Lipinski definition) is 2. The van der Waals surface area contributed by atoms with E-state index in [0.717, 1.165) is 18.9 Å². The van der Waals surface area contributed by atoms with Gasteiger partial charge in [0.25, 0.3) is 0 Å². The summed E-state index contributed by atoms with van der Waals surface area (Å²) in [6, 6.07) is 0. The van der Waals surface area contributed by atoms with Gasteiger partial charge in [-0.2, -0.15) is 0 Å². The van der Waals surface area contributed by atoms with Gasteiger partial charge in [0.05, 0.1) is 18.8 Å². The molecule has 4 nitrogen and oxygen atoms in total. The van der Waals surface area contributed by atoms with Crippen LogP contribution in [0.15, 0.2) is 4.99 Å². The smallest absolute Gasteiger partial charge is 0.304 e. The number of hydrogen-bond acceptors (Lipinski definition) is 3. The van der Waals surface area contributed by atoms with Gasteiger partial charge in [-0.15, -0.1) is 0 Å². The van der Waals surface area contributed by atoms with Gasteiger partial charge in [-0.3, -0.25) is 9.79 Å². The lowest BCUT2D eigenvalue weighted by molar-refractivity contribution is -0.137. The van der Waals surface area contributed by atoms with E-state index in [1.165, 1.54) is 0 Å². The number of carbonyl (C=O) groups is 1. The maximum atomic E-state index is 10.3. The normalized spacial score (nSPS) is 18.8. The average Bonchev–Trinajstić information content (AvgIpc) is 2.35. The summed E-state index contributed by atoms with van der Waals surface area (Å²) in [6.07, 6.45) is 0.159. The predicted octanol–water partition coefficient (Wildman–Crippen LogP) is 0.0989. The molecule has 62 valence electrons. The highest BCUT2D eigenvalue weighted by Crippen LogP contribution is 2.05. The van der Waals surface area contributed by atoms with E-state index in [1.54, 1.807) is 0 Å². The minimum atomic E-state index is -0.770. The molecule has 0 amide bonds. The maximum Gasteiger partial charge on any atom is 0.304 e. The number of carboxylic acids is 1. The molecule has 11 heavy (non-hydrogen) atoms. The lowest BCUT2D eigenvalue weighted by atomic mass is 10.1. The van der Waals surface area contributed by atoms with Crippen LogP contribution in [0.3, 0.4) is 0 Å². The summed E-state index contributed by atoms with van der Waals surface area (Å²) in [6.45, 7) is 3.49. The van der Waals surface area contributed by atoms with Gasteiger partial charge in [0.1, 0.15) is 0 Å². The van der Waals surface area contributed by atoms with Crippen molar-refractivity contribution in [3.63, 3.8) is 0 Å². The minimum absolute atomic E-state index is 0.0231. The summed E-state index contributed by atoms with van der Waals surface area (Å²) in [5.74, 6) is 0.0938. The van der Waals surface area contributed by atoms with Crippen LogP contribution < -0.4 is 5.32 Å². The minimum Gasteiger partial charge on any atom is -0.481 e. The van der Waals surface area contributed by atoms with Crippen LogP contribution >= 0.6 is 0 Å². The Labute approximate surface area is 65.3 Å². The van der Waals surface area contributed by atoms with Crippen LogP contribution in [0.25, 0.3) is 0 Å². The van der Waals surface area contributed by atoms with Crippen LogP contribution in [0.5, 0.6) is 0 Å². The van der Waals surface area contributed by atoms with Gasteiger partial charge >= 0.3 is 5.97 Å². The lowest BCUT2D eigenvalue weighted by Crippen LogP contribution is -2.26. The molecule has 0 fully saturated rings. The van der Waals surface area contributed by atoms with Crippen molar-refractivity contribution < 1.29 is 9.90 Å². The summed E-state index contributed by atoms with van der Waals surface area (Å²) in [4.78, 5) is 14.4. The first-order valence-corrected chi connectivity index (χ1v) is 3.70. The van der Waals surface area contributed by atoms with Crippen molar-refractivity contribution in [2.45, 2.75) is 13.3 Å². The van der Waals surface area contributed by atoms with Crippen molar-refractivity contribution in [3.8, 4) is 0 Å². The highest BCUT2D eigenvalue weighted by Gasteiger charge is 2.16. The Morgan fingerprint density at radius 2 is 2.64 bits per heavy atom. The standard InChI is InChI=1S/C7H12N2O2/c1-5(4-6(10)11)7-8-2-3-9-7/h5H,2-4H2,1H3,(H,8,9)(H,10,11). The molecular formula is C7H12N2O2. The number of nitrogens with one attached hydrogen (secondary N) is 1. The molecule has 1 heterocycles. The number of amidine groups is 1. The zero-order valence-electron chi connectivity index (χ0n) is 6.50. The zero-order chi connectivity index (χ0) is 8.27. The molecule has 2 N–H and O–H groups in total. The Morgan fingerprint density at radius 1 is 1.91 bits per heavy atom. The number of rotatable bonds is 3. The summed E-state index contributed by atoms with van der Waals surface area (Å²) in [5.41, 5.74) is 0. The van der Waals surface area contributed by atoms with E-state index < -0.39 is 5.97 Å². The van der Waals surface area contributed by atoms with Crippen molar-refractivity contribution in [1.29, 1.82) is 0 Å². The average molecular weight is 156 g/mol. The van der Waals surface area contributed by atoms with Gasteiger partial charge in [-0.1, -0.05) is 6.92 Å². The molecule has 0 aromatic heterocycles. The topological polar surface area (TPSA) is 61.7 Å². The highest BCUT2D eigenvalue weighted by atomic mass is 16.4. The summed E-state index contributed by atoms with van der Waals surface area (Å²) < 4.78 is 0. The van der Waals surface area contributed by atoms with Crippen LogP contribution in [0.2, 0.25) is 0 Å². The lowest BCUT2D eigenvalue weighted by Gasteiger charge is -2.08. The molecule has 0 bridgehead atoms. The third kappa shape index (κ3) is 2.22. The fourth-order valence-corrected chi connectivity index (χ4v) is 1.10. The molecule has 0 radical (unpaired) electrons. The van der Waals surface area contributed by atoms with Crippen molar-refractivity contribution in [3.05, 3.63) is 0 Å². The van der Waals surface area contributed by atoms with E-state index >= 15 is 0 Å². The van der Waals surface area contributed by atoms with Gasteiger partial charge in [0, 0.05) is 12.5 Å². The molecule has 0 spiro atoms. The maximum absolute atomic E-state index is 10.3. The number of aliphatic imine (C=N–C) groups is 1. The van der Waals surface area contributed by atoms with Gasteiger partial charge < -0.3 is 10.4 Å². The Morgan fingerprint density at radius 3 is 3.09 bits per heavy atom. The van der Waals surface area contributed by atoms with Crippen LogP contribution in [0.1, 0.15) is 13.3 Å². The van der Waals surface area contributed by atoms with E-state index in [0.29, 0.717) is 0 Å². The number of nitrogens with zero attached hydrogens (tertiary/aromatic N) is 1. The van der Waals surface area contributed by atoms with Crippen LogP contribution in [0, 0.1) is 5.92 Å². The molecule has 1 unspecified atom stereocenters. The number of aliphatic carboxylic acids is 1. The monoisotopic (exact) mass is 156 g/mol. The van der Waals surface area contributed by atoms with Crippen molar-refractivity contribution in [2.24, 2.45) is 10.9 Å². The van der Waals surface area contributed by atoms with Gasteiger partial charge in [-0.25, -0.2) is 0 Å². The third-order valence-corrected chi connectivity index (χ3v) is 1.65. The van der Waals surface area contributed by atoms with Crippen molar-refractivity contribution in [2.75, 3.05) is 13.1 Å². The molecule has 0 saturated carbocycles. The SMILES string of the molecule is CC(CC(=O)O)C1=NCCN1. The molecule has 0 aromatic carbocycles. The van der Waals surface area contributed by atoms with E-state index in [1.807, 2.05) is 6.92 Å². The Balaban J connectivity index is 2.40. The fourth-order valence-electron chi connectivity index (χ4n) is 1.10. The Bertz CT molecular complexity index is 189. The van der Waals surface area contributed by atoms with E-state index in [2.05, 4.69) is 10.3 Å². The van der Waals surface area contributed by atoms with Gasteiger partial charge in [0.15, 0.2) is 0 Å². The van der Waals surface area contributed by atoms with Crippen LogP contribution in [-0.4, -0.2) is 30.0 Å². The van der Waals surface area contributed by atoms with Crippen molar-refractivity contribution in [1.82, 2.24) is 5.32 Å². The first-order chi connectivity index (χ1) is 5.20. The molecule has 0 saturated heterocycles. The second kappa shape index (κ2) is 3.37. The summed E-state index contributed by atoms with van der Waals surface area (Å²) in [5, 5.41) is 11.5. The summed E-state index contributed by atoms with van der Waals surface area (Å²) in [7, 11) is 0. The first-order valence-electron chi connectivity index (χ1n) is 3.70. The first kappa shape index (κ1) is 8.04. The Hall–Kier alpha value is -1.06. The Kier molecular flexibility index (Phi) is 2.46. The van der Waals surface area contributed by atoms with Crippen LogP contribution in [-0.2, 0) is 4.79 Å². The molecule has 4 heteroatoms. The molecule has 0 aromatic rings. The molecule has 1 atom stereocenters. The molecule has 1 aliphatic rings. The van der Waals surface area contributed by atoms with Crippen LogP contribution in [0.4, 0.5) is 0 Å². The molecule has 0 aliphatic carbocycles. The quantitative estimate of drug-likeness (QED) is 0.609. The second-order valence-electron chi connectivity index (χ2n) is 2.69. The number of carboxylic acid groups (broad SMARTS) is 1. The zero-order valence-corrected chi connectivity index (χ0v) is 6.50. The molecule has 1 aliphatic heterocycles. The summed E-state index contributed by atoms with van der Waals surface area (Å²) >= 11 is 0. The predicted molar refractivity (Wildman–Crippen MR) is 41.7 cm³/mol. The molecular weight excluding hydrogens is 144 g/mol. The fraction of sp³-hybridized carbons (Fsp3) is 0.714. The molecule has 1 rings (SSSR count). The third-order valence-electron chi connectivity index (χ3n) is 1.65. The van der Waals surface area contributed by atoms with Gasteiger partial charge in [-0.05, 0) is 0 Å². The van der Waals surface area contributed by atoms with Crippen molar-refractivity contribution >= 4 is 11.8 Å².